The van der Waals surface area contributed by atoms with Crippen LogP contribution < -0.4 is 5.56 Å². The van der Waals surface area contributed by atoms with E-state index in [2.05, 4.69) is 30.1 Å². The van der Waals surface area contributed by atoms with Gasteiger partial charge in [-0.1, -0.05) is 37.3 Å². The number of fused-ring (bicyclic) bond motifs is 3. The summed E-state index contributed by atoms with van der Waals surface area (Å²) in [5, 5.41) is 2.88. The smallest absolute Gasteiger partial charge is 0.256 e. The summed E-state index contributed by atoms with van der Waals surface area (Å²) in [6, 6.07) is 14.0. The van der Waals surface area contributed by atoms with E-state index in [9.17, 15) is 4.79 Å². The number of aromatic amines is 1. The number of nitrogens with one attached hydrogen (secondary N) is 1. The van der Waals surface area contributed by atoms with Gasteiger partial charge in [-0.15, -0.1) is 0 Å². The van der Waals surface area contributed by atoms with Crippen molar-refractivity contribution in [2.45, 2.75) is 13.3 Å². The van der Waals surface area contributed by atoms with E-state index in [1.165, 1.54) is 5.56 Å². The molecule has 17 heavy (non-hydrogen) atoms. The fourth-order valence-corrected chi connectivity index (χ4v) is 2.26. The summed E-state index contributed by atoms with van der Waals surface area (Å²) in [7, 11) is 0. The van der Waals surface area contributed by atoms with E-state index in [1.807, 2.05) is 24.3 Å². The minimum Gasteiger partial charge on any atom is -0.321 e. The summed E-state index contributed by atoms with van der Waals surface area (Å²) in [5.41, 5.74) is 2.15. The Kier molecular flexibility index (Phi) is 2.22. The molecule has 0 unspecified atom stereocenters. The third kappa shape index (κ3) is 1.53. The summed E-state index contributed by atoms with van der Waals surface area (Å²) in [6.07, 6.45) is 0.977. The molecule has 0 fully saturated rings. The van der Waals surface area contributed by atoms with Crippen molar-refractivity contribution in [3.63, 3.8) is 0 Å². The molecule has 0 bridgehead atoms. The Morgan fingerprint density at radius 2 is 1.76 bits per heavy atom. The molecule has 2 nitrogen and oxygen atoms in total. The Morgan fingerprint density at radius 3 is 2.53 bits per heavy atom. The Hall–Kier alpha value is -2.09. The van der Waals surface area contributed by atoms with E-state index in [1.54, 1.807) is 0 Å². The molecule has 0 aliphatic heterocycles. The molecule has 0 atom stereocenters. The molecule has 3 aromatic rings. The summed E-state index contributed by atoms with van der Waals surface area (Å²) in [6.45, 7) is 2.11. The van der Waals surface area contributed by atoms with Gasteiger partial charge < -0.3 is 4.98 Å². The van der Waals surface area contributed by atoms with Crippen LogP contribution in [0.3, 0.4) is 0 Å². The van der Waals surface area contributed by atoms with E-state index >= 15 is 0 Å². The molecule has 1 heterocycles. The molecule has 2 aromatic carbocycles. The lowest BCUT2D eigenvalue weighted by molar-refractivity contribution is 1.14. The molecule has 84 valence electrons. The van der Waals surface area contributed by atoms with Crippen molar-refractivity contribution >= 4 is 21.7 Å². The molecule has 0 aliphatic rings. The molecule has 0 saturated heterocycles. The second-order valence-corrected chi connectivity index (χ2v) is 4.23. The van der Waals surface area contributed by atoms with E-state index < -0.39 is 0 Å². The summed E-state index contributed by atoms with van der Waals surface area (Å²) < 4.78 is 0. The second kappa shape index (κ2) is 3.74. The van der Waals surface area contributed by atoms with Crippen LogP contribution in [0.4, 0.5) is 0 Å². The zero-order valence-corrected chi connectivity index (χ0v) is 9.66. The summed E-state index contributed by atoms with van der Waals surface area (Å²) in [4.78, 5) is 14.9. The van der Waals surface area contributed by atoms with Crippen molar-refractivity contribution in [1.82, 2.24) is 4.98 Å². The molecule has 3 rings (SSSR count). The zero-order valence-electron chi connectivity index (χ0n) is 9.66. The van der Waals surface area contributed by atoms with Crippen LogP contribution in [0.15, 0.2) is 47.3 Å². The number of hydrogen-bond acceptors (Lipinski definition) is 1. The Balaban J connectivity index is 2.53. The number of aromatic nitrogens is 1. The van der Waals surface area contributed by atoms with Gasteiger partial charge in [0.1, 0.15) is 0 Å². The lowest BCUT2D eigenvalue weighted by Gasteiger charge is -2.05. The van der Waals surface area contributed by atoms with Crippen LogP contribution in [0, 0.1) is 0 Å². The molecule has 1 N–H and O–H groups in total. The molecular weight excluding hydrogens is 210 g/mol. The SMILES string of the molecule is CCc1ccc2c(c1)[nH]c(=O)c1ccccc12. The van der Waals surface area contributed by atoms with E-state index in [0.29, 0.717) is 0 Å². The van der Waals surface area contributed by atoms with Crippen molar-refractivity contribution in [2.75, 3.05) is 0 Å². The van der Waals surface area contributed by atoms with Gasteiger partial charge in [-0.05, 0) is 29.5 Å². The van der Waals surface area contributed by atoms with E-state index in [0.717, 1.165) is 28.1 Å². The molecule has 0 spiro atoms. The number of benzene rings is 2. The number of hydrogen-bond donors (Lipinski definition) is 1. The van der Waals surface area contributed by atoms with Gasteiger partial charge in [-0.2, -0.15) is 0 Å². The summed E-state index contributed by atoms with van der Waals surface area (Å²) in [5.74, 6) is 0. The maximum atomic E-state index is 11.9. The zero-order chi connectivity index (χ0) is 11.8. The first-order valence-corrected chi connectivity index (χ1v) is 5.83. The Morgan fingerprint density at radius 1 is 1.00 bits per heavy atom. The maximum Gasteiger partial charge on any atom is 0.256 e. The molecular formula is C15H13NO. The predicted molar refractivity (Wildman–Crippen MR) is 71.5 cm³/mol. The Bertz CT molecular complexity index is 756. The fourth-order valence-electron chi connectivity index (χ4n) is 2.26. The Labute approximate surface area is 98.9 Å². The first kappa shape index (κ1) is 10.1. The first-order chi connectivity index (χ1) is 8.29. The fraction of sp³-hybridized carbons (Fsp3) is 0.133. The molecule has 0 saturated carbocycles. The molecule has 0 amide bonds. The number of rotatable bonds is 1. The van der Waals surface area contributed by atoms with Crippen LogP contribution in [0.2, 0.25) is 0 Å². The van der Waals surface area contributed by atoms with Gasteiger partial charge in [0.2, 0.25) is 0 Å². The first-order valence-electron chi connectivity index (χ1n) is 5.83. The third-order valence-corrected chi connectivity index (χ3v) is 3.20. The maximum absolute atomic E-state index is 11.9. The van der Waals surface area contributed by atoms with Gasteiger partial charge in [0, 0.05) is 16.3 Å². The second-order valence-electron chi connectivity index (χ2n) is 4.23. The van der Waals surface area contributed by atoms with Crippen molar-refractivity contribution in [2.24, 2.45) is 0 Å². The number of H-pyrrole nitrogens is 1. The van der Waals surface area contributed by atoms with Crippen LogP contribution in [-0.2, 0) is 6.42 Å². The summed E-state index contributed by atoms with van der Waals surface area (Å²) >= 11 is 0. The minimum atomic E-state index is -0.0126. The van der Waals surface area contributed by atoms with Gasteiger partial charge in [0.25, 0.3) is 5.56 Å². The highest BCUT2D eigenvalue weighted by Crippen LogP contribution is 2.21. The highest BCUT2D eigenvalue weighted by Gasteiger charge is 2.04. The largest absolute Gasteiger partial charge is 0.321 e. The van der Waals surface area contributed by atoms with Crippen molar-refractivity contribution in [3.05, 3.63) is 58.4 Å². The van der Waals surface area contributed by atoms with Gasteiger partial charge in [0.05, 0.1) is 0 Å². The van der Waals surface area contributed by atoms with E-state index in [4.69, 9.17) is 0 Å². The highest BCUT2D eigenvalue weighted by atomic mass is 16.1. The molecule has 0 aliphatic carbocycles. The number of aryl methyl sites for hydroxylation is 1. The van der Waals surface area contributed by atoms with Crippen LogP contribution in [0.1, 0.15) is 12.5 Å². The quantitative estimate of drug-likeness (QED) is 0.631. The average Bonchev–Trinajstić information content (AvgIpc) is 2.38. The minimum absolute atomic E-state index is 0.0126. The third-order valence-electron chi connectivity index (χ3n) is 3.20. The van der Waals surface area contributed by atoms with Crippen LogP contribution >= 0.6 is 0 Å². The molecule has 0 radical (unpaired) electrons. The average molecular weight is 223 g/mol. The van der Waals surface area contributed by atoms with Crippen molar-refractivity contribution in [3.8, 4) is 0 Å². The van der Waals surface area contributed by atoms with Gasteiger partial charge >= 0.3 is 0 Å². The lowest BCUT2D eigenvalue weighted by atomic mass is 10.0. The molecule has 1 aromatic heterocycles. The van der Waals surface area contributed by atoms with Crippen LogP contribution in [-0.4, -0.2) is 4.98 Å². The number of pyridine rings is 1. The van der Waals surface area contributed by atoms with E-state index in [-0.39, 0.29) is 5.56 Å². The van der Waals surface area contributed by atoms with Gasteiger partial charge in [-0.25, -0.2) is 0 Å². The topological polar surface area (TPSA) is 32.9 Å². The van der Waals surface area contributed by atoms with Crippen LogP contribution in [0.25, 0.3) is 21.7 Å². The van der Waals surface area contributed by atoms with Crippen LogP contribution in [0.5, 0.6) is 0 Å². The van der Waals surface area contributed by atoms with Gasteiger partial charge in [-0.3, -0.25) is 4.79 Å². The van der Waals surface area contributed by atoms with Crippen molar-refractivity contribution in [1.29, 1.82) is 0 Å². The highest BCUT2D eigenvalue weighted by molar-refractivity contribution is 6.05. The predicted octanol–water partition coefficient (Wildman–Crippen LogP) is 3.24. The lowest BCUT2D eigenvalue weighted by Crippen LogP contribution is -2.06. The molecule has 2 heteroatoms. The van der Waals surface area contributed by atoms with Gasteiger partial charge in [0.15, 0.2) is 0 Å². The normalized spacial score (nSPS) is 11.1. The standard InChI is InChI=1S/C15H13NO/c1-2-10-7-8-12-11-5-3-4-6-13(11)15(17)16-14(12)9-10/h3-9H,2H2,1H3,(H,16,17). The monoisotopic (exact) mass is 223 g/mol. The van der Waals surface area contributed by atoms with Crippen molar-refractivity contribution < 1.29 is 0 Å².